The van der Waals surface area contributed by atoms with Crippen molar-refractivity contribution in [1.29, 1.82) is 5.53 Å². The first kappa shape index (κ1) is 14.2. The predicted octanol–water partition coefficient (Wildman–Crippen LogP) is 3.93. The van der Waals surface area contributed by atoms with E-state index in [9.17, 15) is 0 Å². The summed E-state index contributed by atoms with van der Waals surface area (Å²) in [6.45, 7) is 6.28. The lowest BCUT2D eigenvalue weighted by atomic mass is 10.2. The van der Waals surface area contributed by atoms with E-state index in [2.05, 4.69) is 46.3 Å². The van der Waals surface area contributed by atoms with Crippen molar-refractivity contribution in [3.8, 4) is 5.69 Å². The van der Waals surface area contributed by atoms with E-state index in [1.807, 2.05) is 18.2 Å². The second-order valence-corrected chi connectivity index (χ2v) is 4.97. The number of hydrogen-bond donors (Lipinski definition) is 1. The number of rotatable bonds is 5. The smallest absolute Gasteiger partial charge is 0.115 e. The lowest BCUT2D eigenvalue weighted by Crippen LogP contribution is -2.21. The molecule has 0 fully saturated rings. The third kappa shape index (κ3) is 2.43. The van der Waals surface area contributed by atoms with E-state index in [1.165, 1.54) is 5.69 Å². The van der Waals surface area contributed by atoms with Gasteiger partial charge in [-0.2, -0.15) is 5.11 Å². The molecular formula is C16H18N6. The largest absolute Gasteiger partial charge is 0.372 e. The summed E-state index contributed by atoms with van der Waals surface area (Å²) in [5.41, 5.74) is 11.4. The highest BCUT2D eigenvalue weighted by Gasteiger charge is 2.08. The second-order valence-electron chi connectivity index (χ2n) is 4.97. The van der Waals surface area contributed by atoms with Crippen molar-refractivity contribution in [2.75, 3.05) is 18.0 Å². The van der Waals surface area contributed by atoms with Crippen molar-refractivity contribution < 1.29 is 0 Å². The lowest BCUT2D eigenvalue weighted by Gasteiger charge is -2.21. The van der Waals surface area contributed by atoms with Crippen LogP contribution in [0.4, 0.5) is 11.4 Å². The summed E-state index contributed by atoms with van der Waals surface area (Å²) in [4.78, 5) is 2.30. The van der Waals surface area contributed by atoms with Crippen LogP contribution in [0.2, 0.25) is 0 Å². The number of anilines is 1. The first-order valence-corrected chi connectivity index (χ1v) is 7.35. The normalized spacial score (nSPS) is 10.8. The highest BCUT2D eigenvalue weighted by atomic mass is 15.4. The Balaban J connectivity index is 1.99. The zero-order valence-corrected chi connectivity index (χ0v) is 12.7. The monoisotopic (exact) mass is 294 g/mol. The highest BCUT2D eigenvalue weighted by Crippen LogP contribution is 2.23. The molecule has 0 bridgehead atoms. The Kier molecular flexibility index (Phi) is 3.82. The first-order valence-electron chi connectivity index (χ1n) is 7.35. The molecule has 1 heterocycles. The standard InChI is InChI=1S/C16H18N6/c1-3-21(4-2)13-6-8-14(9-7-13)22-16-10-5-12(18-17)11-15(16)19-20-22/h5-11,17H,3-4H2,1-2H3. The van der Waals surface area contributed by atoms with Gasteiger partial charge in [0.25, 0.3) is 0 Å². The molecule has 2 aromatic carbocycles. The van der Waals surface area contributed by atoms with E-state index < -0.39 is 0 Å². The molecule has 1 aromatic heterocycles. The summed E-state index contributed by atoms with van der Waals surface area (Å²) < 4.78 is 1.80. The Bertz CT molecular complexity index is 786. The van der Waals surface area contributed by atoms with Crippen LogP contribution in [0.5, 0.6) is 0 Å². The molecule has 3 aromatic rings. The molecular weight excluding hydrogens is 276 g/mol. The predicted molar refractivity (Wildman–Crippen MR) is 87.2 cm³/mol. The summed E-state index contributed by atoms with van der Waals surface area (Å²) in [7, 11) is 0. The van der Waals surface area contributed by atoms with Crippen molar-refractivity contribution in [2.45, 2.75) is 13.8 Å². The number of nitrogens with one attached hydrogen (secondary N) is 1. The Morgan fingerprint density at radius 3 is 2.45 bits per heavy atom. The van der Waals surface area contributed by atoms with Gasteiger partial charge in [-0.1, -0.05) is 5.21 Å². The van der Waals surface area contributed by atoms with Gasteiger partial charge in [0.1, 0.15) is 5.52 Å². The quantitative estimate of drug-likeness (QED) is 0.725. The van der Waals surface area contributed by atoms with Gasteiger partial charge in [-0.15, -0.1) is 5.10 Å². The summed E-state index contributed by atoms with van der Waals surface area (Å²) in [6, 6.07) is 13.7. The van der Waals surface area contributed by atoms with Gasteiger partial charge in [-0.3, -0.25) is 0 Å². The van der Waals surface area contributed by atoms with Gasteiger partial charge < -0.3 is 4.90 Å². The fourth-order valence-electron chi connectivity index (χ4n) is 2.57. The zero-order chi connectivity index (χ0) is 15.5. The van der Waals surface area contributed by atoms with Crippen LogP contribution >= 0.6 is 0 Å². The summed E-state index contributed by atoms with van der Waals surface area (Å²) in [6.07, 6.45) is 0. The molecule has 6 nitrogen and oxygen atoms in total. The molecule has 1 N–H and O–H groups in total. The molecule has 0 aliphatic rings. The van der Waals surface area contributed by atoms with Crippen molar-refractivity contribution in [3.05, 3.63) is 42.5 Å². The van der Waals surface area contributed by atoms with Crippen molar-refractivity contribution in [3.63, 3.8) is 0 Å². The zero-order valence-electron chi connectivity index (χ0n) is 12.7. The van der Waals surface area contributed by atoms with Crippen LogP contribution in [0, 0.1) is 5.53 Å². The molecule has 0 radical (unpaired) electrons. The van der Waals surface area contributed by atoms with Gasteiger partial charge in [0.15, 0.2) is 0 Å². The number of aromatic nitrogens is 3. The van der Waals surface area contributed by atoms with Crippen LogP contribution in [0.15, 0.2) is 47.6 Å². The fraction of sp³-hybridized carbons (Fsp3) is 0.250. The average molecular weight is 294 g/mol. The molecule has 0 unspecified atom stereocenters. The van der Waals surface area contributed by atoms with Crippen LogP contribution in [-0.4, -0.2) is 28.1 Å². The van der Waals surface area contributed by atoms with E-state index in [0.29, 0.717) is 5.69 Å². The second kappa shape index (κ2) is 5.93. The van der Waals surface area contributed by atoms with E-state index in [-0.39, 0.29) is 0 Å². The van der Waals surface area contributed by atoms with Crippen LogP contribution in [0.1, 0.15) is 13.8 Å². The van der Waals surface area contributed by atoms with E-state index in [1.54, 1.807) is 16.8 Å². The molecule has 0 saturated carbocycles. The highest BCUT2D eigenvalue weighted by molar-refractivity contribution is 5.79. The Morgan fingerprint density at radius 1 is 1.09 bits per heavy atom. The maximum Gasteiger partial charge on any atom is 0.115 e. The van der Waals surface area contributed by atoms with E-state index >= 15 is 0 Å². The number of benzene rings is 2. The van der Waals surface area contributed by atoms with Crippen molar-refractivity contribution >= 4 is 22.4 Å². The van der Waals surface area contributed by atoms with Gasteiger partial charge in [0.2, 0.25) is 0 Å². The van der Waals surface area contributed by atoms with Crippen LogP contribution in [0.3, 0.4) is 0 Å². The average Bonchev–Trinajstić information content (AvgIpc) is 2.99. The van der Waals surface area contributed by atoms with Gasteiger partial charge in [-0.05, 0) is 56.3 Å². The first-order chi connectivity index (χ1) is 10.8. The van der Waals surface area contributed by atoms with Gasteiger partial charge in [-0.25, -0.2) is 10.2 Å². The minimum atomic E-state index is 0.580. The molecule has 112 valence electrons. The van der Waals surface area contributed by atoms with E-state index in [0.717, 1.165) is 29.8 Å². The summed E-state index contributed by atoms with van der Waals surface area (Å²) >= 11 is 0. The molecule has 6 heteroatoms. The molecule has 0 saturated heterocycles. The number of hydrogen-bond acceptors (Lipinski definition) is 5. The molecule has 3 rings (SSSR count). The Labute approximate surface area is 128 Å². The summed E-state index contributed by atoms with van der Waals surface area (Å²) in [5.74, 6) is 0. The van der Waals surface area contributed by atoms with Crippen molar-refractivity contribution in [2.24, 2.45) is 5.11 Å². The van der Waals surface area contributed by atoms with Gasteiger partial charge >= 0.3 is 0 Å². The number of nitrogens with zero attached hydrogens (tertiary/aromatic N) is 5. The molecule has 0 amide bonds. The third-order valence-corrected chi connectivity index (χ3v) is 3.78. The topological polar surface area (TPSA) is 70.2 Å². The minimum absolute atomic E-state index is 0.580. The Morgan fingerprint density at radius 2 is 1.82 bits per heavy atom. The van der Waals surface area contributed by atoms with Gasteiger partial charge in [0, 0.05) is 18.8 Å². The minimum Gasteiger partial charge on any atom is -0.372 e. The molecule has 0 aliphatic heterocycles. The van der Waals surface area contributed by atoms with Crippen LogP contribution in [-0.2, 0) is 0 Å². The number of fused-ring (bicyclic) bond motifs is 1. The van der Waals surface area contributed by atoms with Crippen molar-refractivity contribution in [1.82, 2.24) is 15.0 Å². The third-order valence-electron chi connectivity index (χ3n) is 3.78. The van der Waals surface area contributed by atoms with E-state index in [4.69, 9.17) is 5.53 Å². The Hall–Kier alpha value is -2.76. The fourth-order valence-corrected chi connectivity index (χ4v) is 2.57. The molecule has 22 heavy (non-hydrogen) atoms. The lowest BCUT2D eigenvalue weighted by molar-refractivity contribution is 0.822. The summed E-state index contributed by atoms with van der Waals surface area (Å²) in [5, 5.41) is 11.8. The SMILES string of the molecule is CCN(CC)c1ccc(-n2nnc3cc(N=N)ccc32)cc1. The van der Waals surface area contributed by atoms with Gasteiger partial charge in [0.05, 0.1) is 16.9 Å². The molecule has 0 aliphatic carbocycles. The van der Waals surface area contributed by atoms with Crippen LogP contribution in [0.25, 0.3) is 16.7 Å². The van der Waals surface area contributed by atoms with Crippen LogP contribution < -0.4 is 4.90 Å². The molecule has 0 spiro atoms. The maximum atomic E-state index is 7.06. The molecule has 0 atom stereocenters. The maximum absolute atomic E-state index is 7.06.